The molecule has 28 heavy (non-hydrogen) atoms. The number of nitrogens with two attached hydrogens (primary N) is 1. The first kappa shape index (κ1) is 24.4. The molecule has 3 rings (SSSR count). The Hall–Kier alpha value is -1.63. The highest BCUT2D eigenvalue weighted by Crippen LogP contribution is 2.31. The minimum absolute atomic E-state index is 0.367. The Balaban J connectivity index is 0.000000717. The van der Waals surface area contributed by atoms with E-state index in [9.17, 15) is 4.39 Å². The van der Waals surface area contributed by atoms with Gasteiger partial charge in [-0.1, -0.05) is 26.8 Å². The van der Waals surface area contributed by atoms with Crippen LogP contribution in [0, 0.1) is 0 Å². The third-order valence-corrected chi connectivity index (χ3v) is 4.94. The molecule has 0 aliphatic heterocycles. The number of alkyl halides is 1. The van der Waals surface area contributed by atoms with E-state index in [4.69, 9.17) is 10.7 Å². The van der Waals surface area contributed by atoms with Gasteiger partial charge in [0, 0.05) is 24.3 Å². The molecule has 3 N–H and O–H groups in total. The van der Waals surface area contributed by atoms with Crippen molar-refractivity contribution in [1.29, 1.82) is 0 Å². The van der Waals surface area contributed by atoms with Crippen molar-refractivity contribution < 1.29 is 4.39 Å². The summed E-state index contributed by atoms with van der Waals surface area (Å²) in [6, 6.07) is 14.1. The van der Waals surface area contributed by atoms with Crippen LogP contribution in [0.2, 0.25) is 0 Å². The van der Waals surface area contributed by atoms with E-state index in [1.807, 2.05) is 46.0 Å². The van der Waals surface area contributed by atoms with Gasteiger partial charge in [-0.3, -0.25) is 0 Å². The first-order valence-corrected chi connectivity index (χ1v) is 11.2. The van der Waals surface area contributed by atoms with Crippen LogP contribution in [0.4, 0.5) is 10.1 Å². The summed E-state index contributed by atoms with van der Waals surface area (Å²) in [6.45, 7) is 5.53. The topological polar surface area (TPSA) is 50.9 Å². The number of anilines is 1. The predicted molar refractivity (Wildman–Crippen MR) is 128 cm³/mol. The van der Waals surface area contributed by atoms with Crippen LogP contribution in [0.15, 0.2) is 42.5 Å². The molecule has 0 fully saturated rings. The van der Waals surface area contributed by atoms with Gasteiger partial charge < -0.3 is 11.1 Å². The van der Waals surface area contributed by atoms with E-state index >= 15 is 0 Å². The lowest BCUT2D eigenvalue weighted by Gasteiger charge is -2.06. The van der Waals surface area contributed by atoms with Crippen LogP contribution >= 0.6 is 24.0 Å². The summed E-state index contributed by atoms with van der Waals surface area (Å²) >= 11 is 5.47. The fraction of sp³-hybridized carbons (Fsp3) is 0.409. The number of nitrogens with one attached hydrogen (secondary N) is 1. The van der Waals surface area contributed by atoms with E-state index in [-0.39, 0.29) is 6.04 Å². The molecule has 0 saturated heterocycles. The molecule has 3 aromatic rings. The van der Waals surface area contributed by atoms with Crippen molar-refractivity contribution in [2.75, 3.05) is 24.8 Å². The standard InChI is InChI=1S/C18H20FN3S.C2H6S.C2H6/c1-21-15-7-4-13(5-8-15)18-22-16-9-3-12(10-17(16)23-18)2-6-14(20)11-19;1-2-3;1-2/h3-5,7-10,14,21H,2,6,11,20H2,1H3;3H,2H2,1H3;1-2H3. The number of thiol groups is 1. The molecule has 0 amide bonds. The molecule has 0 spiro atoms. The number of rotatable bonds is 6. The van der Waals surface area contributed by atoms with Gasteiger partial charge in [0.1, 0.15) is 11.7 Å². The molecule has 0 saturated carbocycles. The van der Waals surface area contributed by atoms with Crippen molar-refractivity contribution in [3.63, 3.8) is 0 Å². The summed E-state index contributed by atoms with van der Waals surface area (Å²) in [5.41, 5.74) is 10.0. The number of halogens is 1. The Bertz CT molecular complexity index is 803. The van der Waals surface area contributed by atoms with Crippen molar-refractivity contribution in [3.05, 3.63) is 48.0 Å². The van der Waals surface area contributed by atoms with Crippen LogP contribution < -0.4 is 11.1 Å². The SMILES string of the molecule is CC.CCS.CNc1ccc(-c2nc3ccc(CCC(N)CF)cc3s2)cc1. The van der Waals surface area contributed by atoms with Gasteiger partial charge in [0.15, 0.2) is 0 Å². The first-order valence-electron chi connectivity index (χ1n) is 9.71. The zero-order chi connectivity index (χ0) is 20.9. The summed E-state index contributed by atoms with van der Waals surface area (Å²) in [4.78, 5) is 4.70. The average Bonchev–Trinajstić information content (AvgIpc) is 3.17. The van der Waals surface area contributed by atoms with Gasteiger partial charge >= 0.3 is 0 Å². The monoisotopic (exact) mass is 421 g/mol. The summed E-state index contributed by atoms with van der Waals surface area (Å²) < 4.78 is 13.6. The zero-order valence-corrected chi connectivity index (χ0v) is 18.9. The van der Waals surface area contributed by atoms with Crippen LogP contribution in [0.1, 0.15) is 32.8 Å². The number of hydrogen-bond acceptors (Lipinski definition) is 5. The smallest absolute Gasteiger partial charge is 0.124 e. The molecule has 154 valence electrons. The van der Waals surface area contributed by atoms with Crippen molar-refractivity contribution in [2.45, 2.75) is 39.7 Å². The van der Waals surface area contributed by atoms with Crippen molar-refractivity contribution >= 4 is 39.9 Å². The van der Waals surface area contributed by atoms with E-state index in [2.05, 4.69) is 42.2 Å². The third-order valence-electron chi connectivity index (χ3n) is 3.88. The van der Waals surface area contributed by atoms with Gasteiger partial charge in [-0.05, 0) is 60.6 Å². The zero-order valence-electron chi connectivity index (χ0n) is 17.2. The van der Waals surface area contributed by atoms with E-state index in [1.165, 1.54) is 5.56 Å². The Morgan fingerprint density at radius 1 is 1.18 bits per heavy atom. The maximum atomic E-state index is 12.5. The number of fused-ring (bicyclic) bond motifs is 1. The highest BCUT2D eigenvalue weighted by atomic mass is 32.1. The number of aromatic nitrogens is 1. The van der Waals surface area contributed by atoms with E-state index in [1.54, 1.807) is 11.3 Å². The van der Waals surface area contributed by atoms with Gasteiger partial charge in [-0.15, -0.1) is 11.3 Å². The quantitative estimate of drug-likeness (QED) is 0.416. The van der Waals surface area contributed by atoms with Gasteiger partial charge in [-0.25, -0.2) is 9.37 Å². The van der Waals surface area contributed by atoms with Crippen molar-refractivity contribution in [1.82, 2.24) is 4.98 Å². The van der Waals surface area contributed by atoms with Crippen molar-refractivity contribution in [3.8, 4) is 10.6 Å². The molecule has 1 heterocycles. The molecule has 1 unspecified atom stereocenters. The van der Waals surface area contributed by atoms with E-state index in [0.717, 1.165) is 38.6 Å². The van der Waals surface area contributed by atoms with E-state index in [0.29, 0.717) is 6.42 Å². The molecule has 0 aliphatic carbocycles. The largest absolute Gasteiger partial charge is 0.388 e. The van der Waals surface area contributed by atoms with Crippen LogP contribution in [0.25, 0.3) is 20.8 Å². The Morgan fingerprint density at radius 3 is 2.39 bits per heavy atom. The molecule has 0 bridgehead atoms. The summed E-state index contributed by atoms with van der Waals surface area (Å²) in [6.07, 6.45) is 1.46. The molecular weight excluding hydrogens is 389 g/mol. The molecule has 3 nitrogen and oxygen atoms in total. The Morgan fingerprint density at radius 2 is 1.82 bits per heavy atom. The minimum Gasteiger partial charge on any atom is -0.388 e. The summed E-state index contributed by atoms with van der Waals surface area (Å²) in [7, 11) is 1.91. The Labute approximate surface area is 178 Å². The second kappa shape index (κ2) is 13.5. The number of hydrogen-bond donors (Lipinski definition) is 3. The molecule has 2 aromatic carbocycles. The number of thiazole rings is 1. The predicted octanol–water partition coefficient (Wildman–Crippen LogP) is 6.20. The van der Waals surface area contributed by atoms with Gasteiger partial charge in [0.05, 0.1) is 10.2 Å². The molecule has 0 aliphatic rings. The van der Waals surface area contributed by atoms with Gasteiger partial charge in [0.25, 0.3) is 0 Å². The van der Waals surface area contributed by atoms with E-state index < -0.39 is 6.67 Å². The average molecular weight is 422 g/mol. The fourth-order valence-corrected chi connectivity index (χ4v) is 3.49. The molecule has 0 radical (unpaired) electrons. The van der Waals surface area contributed by atoms with Crippen LogP contribution in [0.5, 0.6) is 0 Å². The van der Waals surface area contributed by atoms with Crippen LogP contribution in [-0.2, 0) is 6.42 Å². The maximum absolute atomic E-state index is 12.5. The number of benzene rings is 2. The van der Waals surface area contributed by atoms with Crippen LogP contribution in [0.3, 0.4) is 0 Å². The molecule has 1 aromatic heterocycles. The maximum Gasteiger partial charge on any atom is 0.124 e. The number of aryl methyl sites for hydroxylation is 1. The lowest BCUT2D eigenvalue weighted by atomic mass is 10.1. The lowest BCUT2D eigenvalue weighted by molar-refractivity contribution is 0.414. The normalized spacial score (nSPS) is 11.1. The second-order valence-corrected chi connectivity index (χ2v) is 7.58. The second-order valence-electron chi connectivity index (χ2n) is 5.92. The summed E-state index contributed by atoms with van der Waals surface area (Å²) in [5.74, 6) is 0.944. The van der Waals surface area contributed by atoms with Crippen LogP contribution in [-0.4, -0.2) is 30.5 Å². The van der Waals surface area contributed by atoms with Crippen molar-refractivity contribution in [2.24, 2.45) is 5.73 Å². The van der Waals surface area contributed by atoms with Gasteiger partial charge in [-0.2, -0.15) is 12.6 Å². The lowest BCUT2D eigenvalue weighted by Crippen LogP contribution is -2.22. The summed E-state index contributed by atoms with van der Waals surface area (Å²) in [5, 5.41) is 4.13. The fourth-order valence-electron chi connectivity index (χ4n) is 2.46. The highest BCUT2D eigenvalue weighted by molar-refractivity contribution is 7.80. The minimum atomic E-state index is -0.463. The Kier molecular flexibility index (Phi) is 11.8. The first-order chi connectivity index (χ1) is 13.6. The number of nitrogens with zero attached hydrogens (tertiary/aromatic N) is 1. The van der Waals surface area contributed by atoms with Gasteiger partial charge in [0.2, 0.25) is 0 Å². The molecule has 6 heteroatoms. The molecule has 1 atom stereocenters. The molecular formula is C22H32FN3S2. The highest BCUT2D eigenvalue weighted by Gasteiger charge is 2.08. The third kappa shape index (κ3) is 7.41.